The molecule has 0 aliphatic heterocycles. The van der Waals surface area contributed by atoms with Crippen LogP contribution in [0, 0.1) is 6.92 Å². The Kier molecular flexibility index (Phi) is 4.71. The van der Waals surface area contributed by atoms with E-state index in [0.717, 1.165) is 17.7 Å². The van der Waals surface area contributed by atoms with E-state index in [0.29, 0.717) is 12.2 Å². The Balaban J connectivity index is 1.87. The SMILES string of the molecule is COc1ccc(CCNC(=O)c2ccccn2)cc1C. The highest BCUT2D eigenvalue weighted by Gasteiger charge is 2.05. The van der Waals surface area contributed by atoms with Crippen LogP contribution in [-0.2, 0) is 6.42 Å². The average Bonchev–Trinajstić information content (AvgIpc) is 2.48. The molecule has 0 atom stereocenters. The van der Waals surface area contributed by atoms with Crippen molar-refractivity contribution in [2.24, 2.45) is 0 Å². The van der Waals surface area contributed by atoms with Crippen LogP contribution in [0.15, 0.2) is 42.6 Å². The summed E-state index contributed by atoms with van der Waals surface area (Å²) in [6, 6.07) is 11.3. The zero-order chi connectivity index (χ0) is 14.4. The fraction of sp³-hybridized carbons (Fsp3) is 0.250. The summed E-state index contributed by atoms with van der Waals surface area (Å²) in [5.41, 5.74) is 2.71. The lowest BCUT2D eigenvalue weighted by Crippen LogP contribution is -2.26. The first-order chi connectivity index (χ1) is 9.70. The Morgan fingerprint density at radius 1 is 1.30 bits per heavy atom. The predicted molar refractivity (Wildman–Crippen MR) is 78.0 cm³/mol. The number of aromatic nitrogens is 1. The van der Waals surface area contributed by atoms with Crippen molar-refractivity contribution in [1.29, 1.82) is 0 Å². The van der Waals surface area contributed by atoms with Crippen LogP contribution in [0.4, 0.5) is 0 Å². The van der Waals surface area contributed by atoms with Gasteiger partial charge in [0.2, 0.25) is 0 Å². The number of ether oxygens (including phenoxy) is 1. The first-order valence-electron chi connectivity index (χ1n) is 6.53. The highest BCUT2D eigenvalue weighted by Crippen LogP contribution is 2.18. The molecule has 4 nitrogen and oxygen atoms in total. The van der Waals surface area contributed by atoms with Crippen molar-refractivity contribution in [3.8, 4) is 5.75 Å². The monoisotopic (exact) mass is 270 g/mol. The van der Waals surface area contributed by atoms with Gasteiger partial charge in [0.15, 0.2) is 0 Å². The Bertz CT molecular complexity index is 582. The number of benzene rings is 1. The van der Waals surface area contributed by atoms with Gasteiger partial charge in [-0.1, -0.05) is 18.2 Å². The molecule has 4 heteroatoms. The largest absolute Gasteiger partial charge is 0.496 e. The Morgan fingerprint density at radius 3 is 2.80 bits per heavy atom. The number of pyridine rings is 1. The van der Waals surface area contributed by atoms with E-state index >= 15 is 0 Å². The van der Waals surface area contributed by atoms with Crippen molar-refractivity contribution in [3.05, 3.63) is 59.4 Å². The molecule has 0 bridgehead atoms. The Hall–Kier alpha value is -2.36. The van der Waals surface area contributed by atoms with E-state index in [1.807, 2.05) is 19.1 Å². The molecule has 0 saturated heterocycles. The van der Waals surface area contributed by atoms with E-state index in [1.165, 1.54) is 5.56 Å². The molecule has 0 saturated carbocycles. The average molecular weight is 270 g/mol. The molecule has 2 aromatic rings. The minimum atomic E-state index is -0.143. The number of hydrogen-bond donors (Lipinski definition) is 1. The van der Waals surface area contributed by atoms with Gasteiger partial charge < -0.3 is 10.1 Å². The summed E-state index contributed by atoms with van der Waals surface area (Å²) in [4.78, 5) is 15.8. The van der Waals surface area contributed by atoms with Crippen LogP contribution in [0.25, 0.3) is 0 Å². The van der Waals surface area contributed by atoms with E-state index in [9.17, 15) is 4.79 Å². The van der Waals surface area contributed by atoms with Gasteiger partial charge in [-0.3, -0.25) is 9.78 Å². The third-order valence-electron chi connectivity index (χ3n) is 3.06. The molecule has 1 amide bonds. The van der Waals surface area contributed by atoms with Crippen LogP contribution in [0.5, 0.6) is 5.75 Å². The molecule has 20 heavy (non-hydrogen) atoms. The number of nitrogens with zero attached hydrogens (tertiary/aromatic N) is 1. The first-order valence-corrected chi connectivity index (χ1v) is 6.53. The first kappa shape index (κ1) is 14.1. The summed E-state index contributed by atoms with van der Waals surface area (Å²) in [6.07, 6.45) is 2.39. The number of hydrogen-bond acceptors (Lipinski definition) is 3. The molecule has 104 valence electrons. The van der Waals surface area contributed by atoms with Gasteiger partial charge in [0.25, 0.3) is 5.91 Å². The molecule has 0 spiro atoms. The number of nitrogens with one attached hydrogen (secondary N) is 1. The van der Waals surface area contributed by atoms with Gasteiger partial charge in [0, 0.05) is 12.7 Å². The van der Waals surface area contributed by atoms with Crippen LogP contribution in [0.3, 0.4) is 0 Å². The van der Waals surface area contributed by atoms with Crippen molar-refractivity contribution in [1.82, 2.24) is 10.3 Å². The lowest BCUT2D eigenvalue weighted by Gasteiger charge is -2.08. The second-order valence-corrected chi connectivity index (χ2v) is 4.52. The maximum absolute atomic E-state index is 11.8. The molecule has 0 fully saturated rings. The zero-order valence-electron chi connectivity index (χ0n) is 11.7. The van der Waals surface area contributed by atoms with Crippen LogP contribution >= 0.6 is 0 Å². The Labute approximate surface area is 118 Å². The molecule has 2 rings (SSSR count). The number of methoxy groups -OCH3 is 1. The summed E-state index contributed by atoms with van der Waals surface area (Å²) in [5, 5.41) is 2.86. The minimum Gasteiger partial charge on any atom is -0.496 e. The van der Waals surface area contributed by atoms with Crippen LogP contribution < -0.4 is 10.1 Å². The quantitative estimate of drug-likeness (QED) is 0.907. The molecule has 0 aliphatic carbocycles. The third kappa shape index (κ3) is 3.57. The lowest BCUT2D eigenvalue weighted by molar-refractivity contribution is 0.0949. The lowest BCUT2D eigenvalue weighted by atomic mass is 10.1. The third-order valence-corrected chi connectivity index (χ3v) is 3.06. The van der Waals surface area contributed by atoms with Gasteiger partial charge in [0.1, 0.15) is 11.4 Å². The molecule has 1 aromatic carbocycles. The van der Waals surface area contributed by atoms with Crippen molar-refractivity contribution in [3.63, 3.8) is 0 Å². The predicted octanol–water partition coefficient (Wildman–Crippen LogP) is 2.37. The molecule has 1 N–H and O–H groups in total. The number of carbonyl (C=O) groups is 1. The highest BCUT2D eigenvalue weighted by molar-refractivity contribution is 5.92. The number of amides is 1. The highest BCUT2D eigenvalue weighted by atomic mass is 16.5. The maximum atomic E-state index is 11.8. The molecule has 0 radical (unpaired) electrons. The molecule has 1 heterocycles. The van der Waals surface area contributed by atoms with Gasteiger partial charge in [-0.2, -0.15) is 0 Å². The van der Waals surface area contributed by atoms with Crippen molar-refractivity contribution in [2.75, 3.05) is 13.7 Å². The zero-order valence-corrected chi connectivity index (χ0v) is 11.7. The van der Waals surface area contributed by atoms with E-state index in [4.69, 9.17) is 4.74 Å². The number of rotatable bonds is 5. The summed E-state index contributed by atoms with van der Waals surface area (Å²) in [7, 11) is 1.66. The second-order valence-electron chi connectivity index (χ2n) is 4.52. The molecular formula is C16H18N2O2. The van der Waals surface area contributed by atoms with Gasteiger partial charge in [-0.05, 0) is 42.7 Å². The smallest absolute Gasteiger partial charge is 0.269 e. The van der Waals surface area contributed by atoms with Crippen molar-refractivity contribution in [2.45, 2.75) is 13.3 Å². The summed E-state index contributed by atoms with van der Waals surface area (Å²) < 4.78 is 5.22. The summed E-state index contributed by atoms with van der Waals surface area (Å²) in [6.45, 7) is 2.59. The fourth-order valence-corrected chi connectivity index (χ4v) is 2.00. The van der Waals surface area contributed by atoms with Gasteiger partial charge in [0.05, 0.1) is 7.11 Å². The number of aryl methyl sites for hydroxylation is 1. The molecule has 0 unspecified atom stereocenters. The molecule has 0 aliphatic rings. The van der Waals surface area contributed by atoms with Crippen LogP contribution in [-0.4, -0.2) is 24.5 Å². The van der Waals surface area contributed by atoms with Gasteiger partial charge in [-0.25, -0.2) is 0 Å². The minimum absolute atomic E-state index is 0.143. The van der Waals surface area contributed by atoms with Crippen molar-refractivity contribution < 1.29 is 9.53 Å². The topological polar surface area (TPSA) is 51.2 Å². The van der Waals surface area contributed by atoms with E-state index in [1.54, 1.807) is 31.5 Å². The van der Waals surface area contributed by atoms with Crippen LogP contribution in [0.1, 0.15) is 21.6 Å². The van der Waals surface area contributed by atoms with E-state index in [-0.39, 0.29) is 5.91 Å². The van der Waals surface area contributed by atoms with Gasteiger partial charge in [-0.15, -0.1) is 0 Å². The number of carbonyl (C=O) groups excluding carboxylic acids is 1. The standard InChI is InChI=1S/C16H18N2O2/c1-12-11-13(6-7-15(12)20-2)8-10-18-16(19)14-5-3-4-9-17-14/h3-7,9,11H,8,10H2,1-2H3,(H,18,19). The Morgan fingerprint density at radius 2 is 2.15 bits per heavy atom. The molecular weight excluding hydrogens is 252 g/mol. The summed E-state index contributed by atoms with van der Waals surface area (Å²) in [5.74, 6) is 0.738. The molecule has 1 aromatic heterocycles. The van der Waals surface area contributed by atoms with Crippen LogP contribution in [0.2, 0.25) is 0 Å². The van der Waals surface area contributed by atoms with Crippen molar-refractivity contribution >= 4 is 5.91 Å². The summed E-state index contributed by atoms with van der Waals surface area (Å²) >= 11 is 0. The second kappa shape index (κ2) is 6.70. The van der Waals surface area contributed by atoms with Gasteiger partial charge >= 0.3 is 0 Å². The fourth-order valence-electron chi connectivity index (χ4n) is 2.00. The van der Waals surface area contributed by atoms with E-state index < -0.39 is 0 Å². The van der Waals surface area contributed by atoms with E-state index in [2.05, 4.69) is 16.4 Å². The maximum Gasteiger partial charge on any atom is 0.269 e. The normalized spacial score (nSPS) is 10.1.